The Labute approximate surface area is 126 Å². The Morgan fingerprint density at radius 2 is 2.09 bits per heavy atom. The number of nitrogens with one attached hydrogen (secondary N) is 1. The number of amides is 1. The number of nitrogens with zero attached hydrogens (tertiary/aromatic N) is 2. The molecule has 0 unspecified atom stereocenters. The van der Waals surface area contributed by atoms with Crippen LogP contribution in [0.2, 0.25) is 0 Å². The van der Waals surface area contributed by atoms with Crippen molar-refractivity contribution >= 4 is 5.91 Å². The van der Waals surface area contributed by atoms with Gasteiger partial charge in [-0.25, -0.2) is 9.07 Å². The highest BCUT2D eigenvalue weighted by Gasteiger charge is 2.10. The summed E-state index contributed by atoms with van der Waals surface area (Å²) >= 11 is 0. The van der Waals surface area contributed by atoms with E-state index in [-0.39, 0.29) is 18.0 Å². The van der Waals surface area contributed by atoms with Crippen LogP contribution < -0.4 is 10.9 Å². The summed E-state index contributed by atoms with van der Waals surface area (Å²) < 4.78 is 19.6. The van der Waals surface area contributed by atoms with E-state index in [0.29, 0.717) is 18.8 Å². The van der Waals surface area contributed by atoms with E-state index < -0.39 is 11.4 Å². The number of ether oxygens (including phenoxy) is 1. The van der Waals surface area contributed by atoms with Crippen LogP contribution in [0, 0.1) is 5.82 Å². The predicted molar refractivity (Wildman–Crippen MR) is 78.8 cm³/mol. The van der Waals surface area contributed by atoms with Crippen molar-refractivity contribution in [2.45, 2.75) is 6.54 Å². The molecule has 1 amide bonds. The van der Waals surface area contributed by atoms with Crippen LogP contribution in [0.3, 0.4) is 0 Å². The molecule has 2 aromatic rings. The highest BCUT2D eigenvalue weighted by molar-refractivity contribution is 5.75. The van der Waals surface area contributed by atoms with Crippen molar-refractivity contribution in [1.29, 1.82) is 0 Å². The topological polar surface area (TPSA) is 73.2 Å². The minimum Gasteiger partial charge on any atom is -0.383 e. The second-order valence-corrected chi connectivity index (χ2v) is 4.54. The lowest BCUT2D eigenvalue weighted by Crippen LogP contribution is -2.35. The molecule has 1 aromatic carbocycles. The quantitative estimate of drug-likeness (QED) is 0.802. The van der Waals surface area contributed by atoms with Crippen LogP contribution in [0.4, 0.5) is 4.39 Å². The summed E-state index contributed by atoms with van der Waals surface area (Å²) in [5.41, 5.74) is 0.139. The normalized spacial score (nSPS) is 10.5. The molecule has 0 atom stereocenters. The molecule has 1 heterocycles. The maximum atomic E-state index is 13.8. The molecule has 6 nitrogen and oxygen atoms in total. The molecular formula is C15H16FN3O3. The van der Waals surface area contributed by atoms with Gasteiger partial charge >= 0.3 is 0 Å². The molecule has 1 aromatic heterocycles. The zero-order valence-corrected chi connectivity index (χ0v) is 12.1. The van der Waals surface area contributed by atoms with Gasteiger partial charge in [0.1, 0.15) is 12.4 Å². The first-order valence-corrected chi connectivity index (χ1v) is 6.70. The van der Waals surface area contributed by atoms with Crippen LogP contribution in [-0.2, 0) is 16.1 Å². The smallest absolute Gasteiger partial charge is 0.267 e. The molecule has 0 fully saturated rings. The van der Waals surface area contributed by atoms with Gasteiger partial charge in [-0.15, -0.1) is 0 Å². The molecule has 7 heteroatoms. The Bertz CT molecular complexity index is 715. The van der Waals surface area contributed by atoms with E-state index in [4.69, 9.17) is 4.74 Å². The molecular weight excluding hydrogens is 289 g/mol. The fourth-order valence-corrected chi connectivity index (χ4v) is 1.86. The minimum absolute atomic E-state index is 0.231. The summed E-state index contributed by atoms with van der Waals surface area (Å²) in [5.74, 6) is -0.804. The lowest BCUT2D eigenvalue weighted by molar-refractivity contribution is -0.122. The molecule has 1 N–H and O–H groups in total. The summed E-state index contributed by atoms with van der Waals surface area (Å²) in [7, 11) is 1.52. The standard InChI is InChI=1S/C15H16FN3O3/c1-22-9-8-17-14(20)10-19-15(21)7-6-13(18-19)11-4-2-3-5-12(11)16/h2-7H,8-10H2,1H3,(H,17,20). The molecule has 2 rings (SSSR count). The maximum absolute atomic E-state index is 13.8. The van der Waals surface area contributed by atoms with Crippen LogP contribution in [-0.4, -0.2) is 35.9 Å². The van der Waals surface area contributed by atoms with E-state index in [1.807, 2.05) is 0 Å². The molecule has 0 radical (unpaired) electrons. The van der Waals surface area contributed by atoms with Gasteiger partial charge in [0.05, 0.1) is 12.3 Å². The highest BCUT2D eigenvalue weighted by Crippen LogP contribution is 2.18. The fraction of sp³-hybridized carbons (Fsp3) is 0.267. The van der Waals surface area contributed by atoms with Crippen LogP contribution in [0.5, 0.6) is 0 Å². The average Bonchev–Trinajstić information content (AvgIpc) is 2.50. The molecule has 0 saturated carbocycles. The van der Waals surface area contributed by atoms with Gasteiger partial charge in [0, 0.05) is 25.3 Å². The third-order valence-electron chi connectivity index (χ3n) is 2.94. The monoisotopic (exact) mass is 305 g/mol. The van der Waals surface area contributed by atoms with Crippen LogP contribution in [0.1, 0.15) is 0 Å². The van der Waals surface area contributed by atoms with Gasteiger partial charge in [0.2, 0.25) is 5.91 Å². The van der Waals surface area contributed by atoms with Gasteiger partial charge in [-0.2, -0.15) is 5.10 Å². The number of hydrogen-bond acceptors (Lipinski definition) is 4. The third kappa shape index (κ3) is 3.98. The van der Waals surface area contributed by atoms with Gasteiger partial charge < -0.3 is 10.1 Å². The average molecular weight is 305 g/mol. The lowest BCUT2D eigenvalue weighted by Gasteiger charge is -2.08. The van der Waals surface area contributed by atoms with Crippen molar-refractivity contribution in [3.05, 3.63) is 52.6 Å². The van der Waals surface area contributed by atoms with Gasteiger partial charge in [0.25, 0.3) is 5.56 Å². The first kappa shape index (κ1) is 15.8. The van der Waals surface area contributed by atoms with Crippen molar-refractivity contribution in [3.63, 3.8) is 0 Å². The zero-order chi connectivity index (χ0) is 15.9. The van der Waals surface area contributed by atoms with Gasteiger partial charge in [-0.1, -0.05) is 12.1 Å². The molecule has 22 heavy (non-hydrogen) atoms. The van der Waals surface area contributed by atoms with Crippen molar-refractivity contribution in [2.75, 3.05) is 20.3 Å². The van der Waals surface area contributed by atoms with Gasteiger partial charge in [0.15, 0.2) is 0 Å². The number of halogens is 1. The van der Waals surface area contributed by atoms with E-state index in [1.165, 1.54) is 25.3 Å². The van der Waals surface area contributed by atoms with Crippen molar-refractivity contribution in [3.8, 4) is 11.3 Å². The Morgan fingerprint density at radius 1 is 1.32 bits per heavy atom. The van der Waals surface area contributed by atoms with E-state index in [9.17, 15) is 14.0 Å². The number of rotatable bonds is 6. The largest absolute Gasteiger partial charge is 0.383 e. The molecule has 0 aliphatic rings. The van der Waals surface area contributed by atoms with Crippen molar-refractivity contribution in [2.24, 2.45) is 0 Å². The van der Waals surface area contributed by atoms with E-state index in [0.717, 1.165) is 4.68 Å². The second-order valence-electron chi connectivity index (χ2n) is 4.54. The molecule has 0 aliphatic carbocycles. The molecule has 0 spiro atoms. The number of aromatic nitrogens is 2. The number of carbonyl (C=O) groups excluding carboxylic acids is 1. The Kier molecular flexibility index (Phi) is 5.37. The maximum Gasteiger partial charge on any atom is 0.267 e. The van der Waals surface area contributed by atoms with E-state index >= 15 is 0 Å². The highest BCUT2D eigenvalue weighted by atomic mass is 19.1. The number of benzene rings is 1. The summed E-state index contributed by atoms with van der Waals surface area (Å²) in [6, 6.07) is 8.80. The first-order chi connectivity index (χ1) is 10.6. The Morgan fingerprint density at radius 3 is 2.82 bits per heavy atom. The Balaban J connectivity index is 2.19. The summed E-state index contributed by atoms with van der Waals surface area (Å²) in [5, 5.41) is 6.64. The third-order valence-corrected chi connectivity index (χ3v) is 2.94. The Hall–Kier alpha value is -2.54. The molecule has 0 saturated heterocycles. The number of carbonyl (C=O) groups is 1. The zero-order valence-electron chi connectivity index (χ0n) is 12.1. The first-order valence-electron chi connectivity index (χ1n) is 6.70. The van der Waals surface area contributed by atoms with Crippen LogP contribution >= 0.6 is 0 Å². The van der Waals surface area contributed by atoms with E-state index in [2.05, 4.69) is 10.4 Å². The van der Waals surface area contributed by atoms with Crippen LogP contribution in [0.15, 0.2) is 41.2 Å². The van der Waals surface area contributed by atoms with Crippen molar-refractivity contribution in [1.82, 2.24) is 15.1 Å². The second kappa shape index (κ2) is 7.46. The summed E-state index contributed by atoms with van der Waals surface area (Å²) in [6.45, 7) is 0.491. The minimum atomic E-state index is -0.440. The van der Waals surface area contributed by atoms with Gasteiger partial charge in [-0.05, 0) is 18.2 Å². The predicted octanol–water partition coefficient (Wildman–Crippen LogP) is 0.812. The molecule has 0 bridgehead atoms. The van der Waals surface area contributed by atoms with Crippen LogP contribution in [0.25, 0.3) is 11.3 Å². The number of hydrogen-bond donors (Lipinski definition) is 1. The van der Waals surface area contributed by atoms with Gasteiger partial charge in [-0.3, -0.25) is 9.59 Å². The summed E-state index contributed by atoms with van der Waals surface area (Å²) in [6.07, 6.45) is 0. The SMILES string of the molecule is COCCNC(=O)Cn1nc(-c2ccccc2F)ccc1=O. The molecule has 116 valence electrons. The fourth-order valence-electron chi connectivity index (χ4n) is 1.86. The van der Waals surface area contributed by atoms with Crippen molar-refractivity contribution < 1.29 is 13.9 Å². The molecule has 0 aliphatic heterocycles. The van der Waals surface area contributed by atoms with E-state index in [1.54, 1.807) is 18.2 Å². The lowest BCUT2D eigenvalue weighted by atomic mass is 10.1. The number of methoxy groups -OCH3 is 1. The summed E-state index contributed by atoms with van der Waals surface area (Å²) in [4.78, 5) is 23.5.